The summed E-state index contributed by atoms with van der Waals surface area (Å²) >= 11 is 1.27. The first-order valence-electron chi connectivity index (χ1n) is 8.55. The van der Waals surface area contributed by atoms with Crippen LogP contribution in [0.4, 0.5) is 0 Å². The number of methoxy groups -OCH3 is 1. The summed E-state index contributed by atoms with van der Waals surface area (Å²) in [5, 5.41) is 4.26. The fourth-order valence-corrected chi connectivity index (χ4v) is 3.56. The molecule has 8 heteroatoms. The quantitative estimate of drug-likeness (QED) is 0.466. The van der Waals surface area contributed by atoms with Gasteiger partial charge in [-0.2, -0.15) is 0 Å². The monoisotopic (exact) mass is 374 g/mol. The van der Waals surface area contributed by atoms with Crippen molar-refractivity contribution in [3.8, 4) is 0 Å². The Morgan fingerprint density at radius 1 is 1.38 bits per heavy atom. The van der Waals surface area contributed by atoms with E-state index in [1.165, 1.54) is 11.8 Å². The molecular weight excluding hydrogens is 352 g/mol. The number of thioether (sulfide) groups is 1. The third-order valence-electron chi connectivity index (χ3n) is 4.00. The van der Waals surface area contributed by atoms with Gasteiger partial charge in [-0.05, 0) is 12.5 Å². The summed E-state index contributed by atoms with van der Waals surface area (Å²) in [6.45, 7) is 3.42. The molecule has 3 aromatic rings. The number of aromatic nitrogens is 3. The molecule has 0 bridgehead atoms. The number of hydrogen-bond acceptors (Lipinski definition) is 5. The lowest BCUT2D eigenvalue weighted by atomic mass is 10.2. The molecule has 2 aromatic heterocycles. The molecule has 0 atom stereocenters. The van der Waals surface area contributed by atoms with Crippen LogP contribution in [0.1, 0.15) is 13.3 Å². The van der Waals surface area contributed by atoms with Crippen LogP contribution in [0.25, 0.3) is 21.9 Å². The number of H-pyrrole nitrogens is 1. The number of para-hydroxylation sites is 1. The van der Waals surface area contributed by atoms with E-state index in [0.717, 1.165) is 17.3 Å². The Morgan fingerprint density at radius 2 is 2.19 bits per heavy atom. The molecule has 2 heterocycles. The average molecular weight is 374 g/mol. The molecule has 138 valence electrons. The van der Waals surface area contributed by atoms with Gasteiger partial charge < -0.3 is 15.0 Å². The lowest BCUT2D eigenvalue weighted by Gasteiger charge is -2.11. The predicted molar refractivity (Wildman–Crippen MR) is 104 cm³/mol. The van der Waals surface area contributed by atoms with Crippen molar-refractivity contribution in [3.05, 3.63) is 34.6 Å². The van der Waals surface area contributed by atoms with E-state index in [-0.39, 0.29) is 17.2 Å². The van der Waals surface area contributed by atoms with Gasteiger partial charge in [0, 0.05) is 24.6 Å². The highest BCUT2D eigenvalue weighted by atomic mass is 32.2. The minimum absolute atomic E-state index is 0.0663. The van der Waals surface area contributed by atoms with Crippen molar-refractivity contribution >= 4 is 39.6 Å². The molecule has 7 nitrogen and oxygen atoms in total. The van der Waals surface area contributed by atoms with Crippen molar-refractivity contribution in [2.75, 3.05) is 26.0 Å². The molecule has 0 aliphatic rings. The Bertz CT molecular complexity index is 980. The number of hydrogen-bond donors (Lipinski definition) is 2. The molecule has 3 rings (SSSR count). The van der Waals surface area contributed by atoms with Gasteiger partial charge in [0.15, 0.2) is 5.16 Å². The maximum atomic E-state index is 13.0. The van der Waals surface area contributed by atoms with Crippen LogP contribution in [0, 0.1) is 0 Å². The van der Waals surface area contributed by atoms with Gasteiger partial charge >= 0.3 is 0 Å². The predicted octanol–water partition coefficient (Wildman–Crippen LogP) is 2.14. The van der Waals surface area contributed by atoms with E-state index < -0.39 is 0 Å². The van der Waals surface area contributed by atoms with Gasteiger partial charge in [0.2, 0.25) is 5.91 Å². The lowest BCUT2D eigenvalue weighted by molar-refractivity contribution is -0.118. The molecule has 2 N–H and O–H groups in total. The first-order chi connectivity index (χ1) is 12.7. The third-order valence-corrected chi connectivity index (χ3v) is 4.98. The van der Waals surface area contributed by atoms with Crippen LogP contribution in [0.2, 0.25) is 0 Å². The summed E-state index contributed by atoms with van der Waals surface area (Å²) in [6.07, 6.45) is 0.883. The minimum Gasteiger partial charge on any atom is -0.383 e. The Balaban J connectivity index is 2.02. The van der Waals surface area contributed by atoms with Gasteiger partial charge in [0.1, 0.15) is 11.0 Å². The van der Waals surface area contributed by atoms with Crippen LogP contribution in [0.15, 0.2) is 34.2 Å². The molecular formula is C18H22N4O3S. The summed E-state index contributed by atoms with van der Waals surface area (Å²) in [5.74, 6) is 0.149. The number of aromatic amines is 1. The first kappa shape index (κ1) is 18.5. The number of benzene rings is 1. The van der Waals surface area contributed by atoms with Crippen LogP contribution < -0.4 is 10.9 Å². The Morgan fingerprint density at radius 3 is 2.96 bits per heavy atom. The fraction of sp³-hybridized carbons (Fsp3) is 0.389. The maximum absolute atomic E-state index is 13.0. The van der Waals surface area contributed by atoms with Crippen molar-refractivity contribution < 1.29 is 9.53 Å². The van der Waals surface area contributed by atoms with Gasteiger partial charge in [-0.15, -0.1) is 0 Å². The Labute approximate surface area is 155 Å². The second-order valence-corrected chi connectivity index (χ2v) is 6.82. The van der Waals surface area contributed by atoms with Crippen molar-refractivity contribution in [3.63, 3.8) is 0 Å². The van der Waals surface area contributed by atoms with Crippen LogP contribution in [0.5, 0.6) is 0 Å². The maximum Gasteiger partial charge on any atom is 0.278 e. The average Bonchev–Trinajstić information content (AvgIpc) is 3.03. The van der Waals surface area contributed by atoms with Crippen molar-refractivity contribution in [2.45, 2.75) is 25.0 Å². The molecule has 0 radical (unpaired) electrons. The first-order valence-corrected chi connectivity index (χ1v) is 9.54. The molecule has 0 spiro atoms. The van der Waals surface area contributed by atoms with Crippen LogP contribution in [-0.2, 0) is 16.1 Å². The highest BCUT2D eigenvalue weighted by molar-refractivity contribution is 7.99. The number of nitrogens with zero attached hydrogens (tertiary/aromatic N) is 2. The van der Waals surface area contributed by atoms with Gasteiger partial charge in [-0.25, -0.2) is 4.98 Å². The smallest absolute Gasteiger partial charge is 0.278 e. The fourth-order valence-electron chi connectivity index (χ4n) is 2.71. The molecule has 1 amide bonds. The molecule has 0 aliphatic heterocycles. The molecule has 0 aliphatic carbocycles. The zero-order chi connectivity index (χ0) is 18.5. The minimum atomic E-state index is -0.153. The molecule has 26 heavy (non-hydrogen) atoms. The summed E-state index contributed by atoms with van der Waals surface area (Å²) in [6, 6.07) is 7.68. The van der Waals surface area contributed by atoms with Crippen molar-refractivity contribution in [2.24, 2.45) is 0 Å². The molecule has 0 fully saturated rings. The summed E-state index contributed by atoms with van der Waals surface area (Å²) in [7, 11) is 1.59. The number of fused-ring (bicyclic) bond motifs is 3. The number of nitrogens with one attached hydrogen (secondary N) is 2. The van der Waals surface area contributed by atoms with E-state index in [2.05, 4.69) is 15.3 Å². The Hall–Kier alpha value is -2.32. The summed E-state index contributed by atoms with van der Waals surface area (Å²) in [4.78, 5) is 32.7. The molecule has 0 unspecified atom stereocenters. The number of rotatable bonds is 8. The molecule has 0 saturated heterocycles. The highest BCUT2D eigenvalue weighted by Crippen LogP contribution is 2.24. The SMILES string of the molecule is CCCNC(=O)CSc1nc2c([nH]c3ccccc32)c(=O)n1CCOC. The third kappa shape index (κ3) is 3.76. The Kier molecular flexibility index (Phi) is 5.95. The van der Waals surface area contributed by atoms with Crippen LogP contribution >= 0.6 is 11.8 Å². The molecule has 0 saturated carbocycles. The second kappa shape index (κ2) is 8.37. The van der Waals surface area contributed by atoms with Gasteiger partial charge in [-0.1, -0.05) is 36.9 Å². The van der Waals surface area contributed by atoms with Gasteiger partial charge in [0.25, 0.3) is 5.56 Å². The zero-order valence-corrected chi connectivity index (χ0v) is 15.7. The number of carbonyl (C=O) groups is 1. The van der Waals surface area contributed by atoms with E-state index in [1.807, 2.05) is 31.2 Å². The normalized spacial score (nSPS) is 11.3. The number of amides is 1. The number of carbonyl (C=O) groups excluding carboxylic acids is 1. The van der Waals surface area contributed by atoms with E-state index in [4.69, 9.17) is 4.74 Å². The van der Waals surface area contributed by atoms with E-state index in [1.54, 1.807) is 11.7 Å². The van der Waals surface area contributed by atoms with E-state index in [0.29, 0.717) is 35.9 Å². The summed E-state index contributed by atoms with van der Waals surface area (Å²) in [5.41, 5.74) is 1.82. The van der Waals surface area contributed by atoms with E-state index >= 15 is 0 Å². The van der Waals surface area contributed by atoms with Crippen molar-refractivity contribution in [1.82, 2.24) is 19.9 Å². The van der Waals surface area contributed by atoms with Crippen LogP contribution in [0.3, 0.4) is 0 Å². The number of ether oxygens (including phenoxy) is 1. The topological polar surface area (TPSA) is 89.0 Å². The zero-order valence-electron chi connectivity index (χ0n) is 14.9. The second-order valence-electron chi connectivity index (χ2n) is 5.88. The lowest BCUT2D eigenvalue weighted by Crippen LogP contribution is -2.28. The standard InChI is InChI=1S/C18H22N4O3S/c1-3-8-19-14(23)11-26-18-21-15-12-6-4-5-7-13(12)20-16(15)17(24)22(18)9-10-25-2/h4-7,20H,3,8-11H2,1-2H3,(H,19,23). The highest BCUT2D eigenvalue weighted by Gasteiger charge is 2.16. The van der Waals surface area contributed by atoms with E-state index in [9.17, 15) is 9.59 Å². The van der Waals surface area contributed by atoms with Crippen LogP contribution in [-0.4, -0.2) is 46.5 Å². The van der Waals surface area contributed by atoms with Crippen molar-refractivity contribution in [1.29, 1.82) is 0 Å². The van der Waals surface area contributed by atoms with Gasteiger partial charge in [0.05, 0.1) is 18.9 Å². The summed E-state index contributed by atoms with van der Waals surface area (Å²) < 4.78 is 6.69. The molecule has 1 aromatic carbocycles. The van der Waals surface area contributed by atoms with Gasteiger partial charge in [-0.3, -0.25) is 14.2 Å². The largest absolute Gasteiger partial charge is 0.383 e.